The lowest BCUT2D eigenvalue weighted by Gasteiger charge is -2.34. The highest BCUT2D eigenvalue weighted by molar-refractivity contribution is 7.99. The number of rotatable bonds is 5. The van der Waals surface area contributed by atoms with E-state index >= 15 is 0 Å². The first kappa shape index (κ1) is 21.1. The Labute approximate surface area is 182 Å². The number of hydrogen-bond acceptors (Lipinski definition) is 4. The third kappa shape index (κ3) is 4.79. The molecule has 3 aromatic rings. The number of nitrogens with zero attached hydrogens (tertiary/aromatic N) is 4. The summed E-state index contributed by atoms with van der Waals surface area (Å²) in [6.07, 6.45) is 0. The second-order valence-electron chi connectivity index (χ2n) is 6.98. The Morgan fingerprint density at radius 3 is 2.32 bits per heavy atom. The number of alkyl halides is 2. The van der Waals surface area contributed by atoms with Gasteiger partial charge in [-0.1, -0.05) is 42.1 Å². The van der Waals surface area contributed by atoms with Gasteiger partial charge in [-0.25, -0.2) is 9.78 Å². The van der Waals surface area contributed by atoms with E-state index in [-0.39, 0.29) is 22.8 Å². The summed E-state index contributed by atoms with van der Waals surface area (Å²) in [6, 6.07) is 15.6. The molecule has 1 N–H and O–H groups in total. The predicted octanol–water partition coefficient (Wildman–Crippen LogP) is 3.90. The molecule has 1 saturated heterocycles. The van der Waals surface area contributed by atoms with Gasteiger partial charge in [-0.3, -0.25) is 9.36 Å². The van der Waals surface area contributed by atoms with Gasteiger partial charge in [0.25, 0.3) is 0 Å². The van der Waals surface area contributed by atoms with Crippen molar-refractivity contribution in [2.45, 2.75) is 11.7 Å². The standard InChI is InChI=1S/C21H21F2N5O2S/c22-19(23)28-17-9-5-4-8-16(17)25-21(28)31-14-18(29)26-10-12-27(13-11-26)20(30)24-15-6-2-1-3-7-15/h1-9,19H,10-14H2,(H,24,30). The van der Waals surface area contributed by atoms with E-state index in [0.29, 0.717) is 42.9 Å². The number of para-hydroxylation sites is 3. The first-order chi connectivity index (χ1) is 15.0. The molecule has 0 aliphatic carbocycles. The number of anilines is 1. The SMILES string of the molecule is O=C(CSc1nc2ccccc2n1C(F)F)N1CCN(C(=O)Nc2ccccc2)CC1. The molecule has 0 unspecified atom stereocenters. The molecule has 1 fully saturated rings. The van der Waals surface area contributed by atoms with Crippen molar-refractivity contribution < 1.29 is 18.4 Å². The van der Waals surface area contributed by atoms with E-state index in [0.717, 1.165) is 16.3 Å². The Morgan fingerprint density at radius 2 is 1.61 bits per heavy atom. The molecule has 0 spiro atoms. The summed E-state index contributed by atoms with van der Waals surface area (Å²) in [7, 11) is 0. The Balaban J connectivity index is 1.31. The topological polar surface area (TPSA) is 70.5 Å². The summed E-state index contributed by atoms with van der Waals surface area (Å²) in [5.74, 6) is -0.160. The van der Waals surface area contributed by atoms with Crippen LogP contribution in [-0.2, 0) is 4.79 Å². The van der Waals surface area contributed by atoms with Gasteiger partial charge in [0.05, 0.1) is 16.8 Å². The van der Waals surface area contributed by atoms with E-state index in [1.54, 1.807) is 34.1 Å². The number of nitrogens with one attached hydrogen (secondary N) is 1. The molecule has 31 heavy (non-hydrogen) atoms. The summed E-state index contributed by atoms with van der Waals surface area (Å²) in [4.78, 5) is 32.5. The molecule has 0 bridgehead atoms. The van der Waals surface area contributed by atoms with E-state index in [2.05, 4.69) is 10.3 Å². The van der Waals surface area contributed by atoms with Crippen LogP contribution in [0, 0.1) is 0 Å². The molecule has 1 aliphatic heterocycles. The van der Waals surface area contributed by atoms with E-state index in [1.807, 2.05) is 30.3 Å². The number of imidazole rings is 1. The number of hydrogen-bond donors (Lipinski definition) is 1. The van der Waals surface area contributed by atoms with Crippen LogP contribution >= 0.6 is 11.8 Å². The summed E-state index contributed by atoms with van der Waals surface area (Å²) < 4.78 is 27.9. The van der Waals surface area contributed by atoms with Gasteiger partial charge in [0.15, 0.2) is 5.16 Å². The smallest absolute Gasteiger partial charge is 0.321 e. The number of amides is 3. The predicted molar refractivity (Wildman–Crippen MR) is 115 cm³/mol. The Morgan fingerprint density at radius 1 is 0.968 bits per heavy atom. The molecule has 162 valence electrons. The maximum Gasteiger partial charge on any atom is 0.321 e. The van der Waals surface area contributed by atoms with Crippen LogP contribution in [0.15, 0.2) is 59.8 Å². The van der Waals surface area contributed by atoms with Crippen LogP contribution in [0.1, 0.15) is 6.55 Å². The number of carbonyl (C=O) groups excluding carboxylic acids is 2. The Kier molecular flexibility index (Phi) is 6.36. The van der Waals surface area contributed by atoms with Crippen molar-refractivity contribution in [3.05, 3.63) is 54.6 Å². The van der Waals surface area contributed by atoms with Crippen LogP contribution in [0.25, 0.3) is 11.0 Å². The first-order valence-corrected chi connectivity index (χ1v) is 10.8. The Hall–Kier alpha value is -3.14. The van der Waals surface area contributed by atoms with E-state index in [1.165, 1.54) is 0 Å². The summed E-state index contributed by atoms with van der Waals surface area (Å²) in [5, 5.41) is 2.95. The molecule has 2 aromatic carbocycles. The van der Waals surface area contributed by atoms with E-state index in [4.69, 9.17) is 0 Å². The van der Waals surface area contributed by atoms with Gasteiger partial charge >= 0.3 is 12.6 Å². The minimum Gasteiger partial charge on any atom is -0.338 e. The summed E-state index contributed by atoms with van der Waals surface area (Å²) in [6.45, 7) is -1.13. The average Bonchev–Trinajstić information content (AvgIpc) is 3.17. The Bertz CT molecular complexity index is 1070. The minimum absolute atomic E-state index is 0.00620. The second-order valence-corrected chi connectivity index (χ2v) is 7.93. The van der Waals surface area contributed by atoms with Crippen LogP contribution in [0.2, 0.25) is 0 Å². The third-order valence-corrected chi connectivity index (χ3v) is 5.97. The van der Waals surface area contributed by atoms with Crippen molar-refractivity contribution in [1.29, 1.82) is 0 Å². The van der Waals surface area contributed by atoms with Gasteiger partial charge in [0.1, 0.15) is 0 Å². The van der Waals surface area contributed by atoms with Crippen LogP contribution < -0.4 is 5.32 Å². The van der Waals surface area contributed by atoms with Gasteiger partial charge in [0, 0.05) is 31.9 Å². The van der Waals surface area contributed by atoms with E-state index < -0.39 is 6.55 Å². The average molecular weight is 445 g/mol. The molecular weight excluding hydrogens is 424 g/mol. The third-order valence-electron chi connectivity index (χ3n) is 5.03. The molecule has 10 heteroatoms. The molecule has 4 rings (SSSR count). The normalized spacial score (nSPS) is 14.3. The number of benzene rings is 2. The number of thioether (sulfide) groups is 1. The van der Waals surface area contributed by atoms with Crippen molar-refractivity contribution in [2.24, 2.45) is 0 Å². The molecule has 7 nitrogen and oxygen atoms in total. The molecule has 0 radical (unpaired) electrons. The minimum atomic E-state index is -2.74. The van der Waals surface area contributed by atoms with Crippen LogP contribution in [0.5, 0.6) is 0 Å². The van der Waals surface area contributed by atoms with Crippen molar-refractivity contribution in [1.82, 2.24) is 19.4 Å². The largest absolute Gasteiger partial charge is 0.338 e. The lowest BCUT2D eigenvalue weighted by molar-refractivity contribution is -0.129. The monoisotopic (exact) mass is 445 g/mol. The van der Waals surface area contributed by atoms with Crippen LogP contribution in [0.4, 0.5) is 19.3 Å². The fraction of sp³-hybridized carbons (Fsp3) is 0.286. The second kappa shape index (κ2) is 9.34. The lowest BCUT2D eigenvalue weighted by atomic mass is 10.3. The van der Waals surface area contributed by atoms with Crippen molar-refractivity contribution in [3.63, 3.8) is 0 Å². The molecule has 1 aliphatic rings. The highest BCUT2D eigenvalue weighted by atomic mass is 32.2. The lowest BCUT2D eigenvalue weighted by Crippen LogP contribution is -2.52. The van der Waals surface area contributed by atoms with Crippen LogP contribution in [-0.4, -0.2) is 63.2 Å². The molecule has 1 aromatic heterocycles. The number of aromatic nitrogens is 2. The van der Waals surface area contributed by atoms with E-state index in [9.17, 15) is 18.4 Å². The number of urea groups is 1. The van der Waals surface area contributed by atoms with Gasteiger partial charge < -0.3 is 15.1 Å². The zero-order chi connectivity index (χ0) is 21.8. The molecule has 0 saturated carbocycles. The number of fused-ring (bicyclic) bond motifs is 1. The first-order valence-electron chi connectivity index (χ1n) is 9.79. The number of carbonyl (C=O) groups is 2. The van der Waals surface area contributed by atoms with Crippen molar-refractivity contribution >= 4 is 40.4 Å². The zero-order valence-electron chi connectivity index (χ0n) is 16.6. The number of piperazine rings is 1. The van der Waals surface area contributed by atoms with Gasteiger partial charge in [-0.15, -0.1) is 0 Å². The zero-order valence-corrected chi connectivity index (χ0v) is 17.4. The van der Waals surface area contributed by atoms with Crippen LogP contribution in [0.3, 0.4) is 0 Å². The highest BCUT2D eigenvalue weighted by Gasteiger charge is 2.25. The maximum atomic E-state index is 13.5. The summed E-state index contributed by atoms with van der Waals surface area (Å²) in [5.41, 5.74) is 1.52. The maximum absolute atomic E-state index is 13.5. The highest BCUT2D eigenvalue weighted by Crippen LogP contribution is 2.29. The fourth-order valence-electron chi connectivity index (χ4n) is 3.41. The fourth-order valence-corrected chi connectivity index (χ4v) is 4.33. The van der Waals surface area contributed by atoms with Gasteiger partial charge in [0.2, 0.25) is 5.91 Å². The molecular formula is C21H21F2N5O2S. The molecule has 3 amide bonds. The molecule has 2 heterocycles. The van der Waals surface area contributed by atoms with Gasteiger partial charge in [-0.2, -0.15) is 8.78 Å². The van der Waals surface area contributed by atoms with Gasteiger partial charge in [-0.05, 0) is 24.3 Å². The summed E-state index contributed by atoms with van der Waals surface area (Å²) >= 11 is 1.000. The van der Waals surface area contributed by atoms with Crippen molar-refractivity contribution in [2.75, 3.05) is 37.2 Å². The molecule has 0 atom stereocenters. The number of halogens is 2. The van der Waals surface area contributed by atoms with Crippen molar-refractivity contribution in [3.8, 4) is 0 Å². The quantitative estimate of drug-likeness (QED) is 0.605.